The quantitative estimate of drug-likeness (QED) is 0.485. The van der Waals surface area contributed by atoms with Crippen LogP contribution in [0.4, 0.5) is 0 Å². The number of allylic oxidation sites excluding steroid dienone is 2. The van der Waals surface area contributed by atoms with Gasteiger partial charge in [-0.25, -0.2) is 0 Å². The molecule has 1 atom stereocenters. The predicted octanol–water partition coefficient (Wildman–Crippen LogP) is 3.48. The van der Waals surface area contributed by atoms with Gasteiger partial charge < -0.3 is 4.74 Å². The van der Waals surface area contributed by atoms with Crippen LogP contribution in [0.5, 0.6) is 0 Å². The summed E-state index contributed by atoms with van der Waals surface area (Å²) >= 11 is 0. The first kappa shape index (κ1) is 15.5. The molecule has 0 saturated carbocycles. The van der Waals surface area contributed by atoms with E-state index in [0.29, 0.717) is 19.4 Å². The fraction of sp³-hybridized carbons (Fsp3) is 0.444. The lowest BCUT2D eigenvalue weighted by atomic mass is 9.75. The Kier molecular flexibility index (Phi) is 5.32. The van der Waals surface area contributed by atoms with Crippen molar-refractivity contribution in [3.05, 3.63) is 48.0 Å². The third-order valence-electron chi connectivity index (χ3n) is 4.04. The van der Waals surface area contributed by atoms with Crippen LogP contribution in [0.1, 0.15) is 38.2 Å². The first-order valence-electron chi connectivity index (χ1n) is 7.52. The molecule has 0 aromatic heterocycles. The van der Waals surface area contributed by atoms with Gasteiger partial charge in [0.05, 0.1) is 6.61 Å². The predicted molar refractivity (Wildman–Crippen MR) is 81.8 cm³/mol. The molecule has 1 aromatic rings. The number of carbonyl (C=O) groups excluding carboxylic acids is 2. The van der Waals surface area contributed by atoms with Crippen LogP contribution < -0.4 is 0 Å². The Bertz CT molecular complexity index is 519. The maximum Gasteiger partial charge on any atom is 0.320 e. The molecule has 2 rings (SSSR count). The van der Waals surface area contributed by atoms with Crippen molar-refractivity contribution >= 4 is 11.8 Å². The van der Waals surface area contributed by atoms with E-state index in [4.69, 9.17) is 4.74 Å². The molecule has 1 aliphatic heterocycles. The zero-order chi connectivity index (χ0) is 15.1. The van der Waals surface area contributed by atoms with Crippen LogP contribution in [0.25, 0.3) is 0 Å². The van der Waals surface area contributed by atoms with Gasteiger partial charge in [-0.3, -0.25) is 9.59 Å². The van der Waals surface area contributed by atoms with Crippen LogP contribution in [0.3, 0.4) is 0 Å². The fourth-order valence-corrected chi connectivity index (χ4v) is 2.65. The molecular weight excluding hydrogens is 264 g/mol. The molecule has 21 heavy (non-hydrogen) atoms. The normalized spacial score (nSPS) is 24.9. The summed E-state index contributed by atoms with van der Waals surface area (Å²) in [7, 11) is 0. The van der Waals surface area contributed by atoms with E-state index < -0.39 is 5.41 Å². The Morgan fingerprint density at radius 3 is 2.67 bits per heavy atom. The summed E-state index contributed by atoms with van der Waals surface area (Å²) in [5.74, 6) is -0.507. The van der Waals surface area contributed by atoms with E-state index >= 15 is 0 Å². The average molecular weight is 286 g/mol. The number of Topliss-reactive ketones (excluding diaryl/α,β-unsaturated/α-hetero) is 1. The minimum atomic E-state index is -1.09. The standard InChI is InChI=1S/C18H22O3/c1-15(19)18(14-16-10-6-5-7-11-16)12-8-3-2-4-9-13-21-17(18)20/h3,5-8,10-11H,2,4,9,12-14H2,1H3/b8-3-/t18-/m0/s1. The van der Waals surface area contributed by atoms with Crippen LogP contribution in [0.2, 0.25) is 0 Å². The highest BCUT2D eigenvalue weighted by Gasteiger charge is 2.44. The van der Waals surface area contributed by atoms with E-state index in [-0.39, 0.29) is 11.8 Å². The maximum absolute atomic E-state index is 12.5. The Morgan fingerprint density at radius 2 is 1.95 bits per heavy atom. The summed E-state index contributed by atoms with van der Waals surface area (Å²) in [6.07, 6.45) is 7.66. The van der Waals surface area contributed by atoms with Gasteiger partial charge in [0.1, 0.15) is 11.2 Å². The minimum absolute atomic E-state index is 0.124. The molecule has 1 aliphatic rings. The van der Waals surface area contributed by atoms with Crippen LogP contribution in [0, 0.1) is 5.41 Å². The summed E-state index contributed by atoms with van der Waals surface area (Å²) in [4.78, 5) is 24.8. The summed E-state index contributed by atoms with van der Waals surface area (Å²) in [6, 6.07) is 9.66. The lowest BCUT2D eigenvalue weighted by Gasteiger charge is -2.28. The molecular formula is C18H22O3. The topological polar surface area (TPSA) is 43.4 Å². The number of ether oxygens (including phenoxy) is 1. The lowest BCUT2D eigenvalue weighted by Crippen LogP contribution is -2.41. The van der Waals surface area contributed by atoms with Gasteiger partial charge in [-0.1, -0.05) is 42.5 Å². The smallest absolute Gasteiger partial charge is 0.320 e. The summed E-state index contributed by atoms with van der Waals surface area (Å²) in [6.45, 7) is 1.89. The molecule has 3 heteroatoms. The molecule has 1 heterocycles. The van der Waals surface area contributed by atoms with Crippen molar-refractivity contribution in [2.45, 2.75) is 39.0 Å². The molecule has 0 fully saturated rings. The zero-order valence-corrected chi connectivity index (χ0v) is 12.5. The molecule has 0 amide bonds. The Balaban J connectivity index is 2.32. The number of hydrogen-bond donors (Lipinski definition) is 0. The number of esters is 1. The van der Waals surface area contributed by atoms with Crippen molar-refractivity contribution < 1.29 is 14.3 Å². The Morgan fingerprint density at radius 1 is 1.19 bits per heavy atom. The maximum atomic E-state index is 12.5. The SMILES string of the molecule is CC(=O)[C@@]1(Cc2ccccc2)C/C=C\CCCCOC1=O. The molecule has 112 valence electrons. The third kappa shape index (κ3) is 3.81. The lowest BCUT2D eigenvalue weighted by molar-refractivity contribution is -0.160. The van der Waals surface area contributed by atoms with Crippen LogP contribution in [-0.2, 0) is 20.7 Å². The summed E-state index contributed by atoms with van der Waals surface area (Å²) in [5.41, 5.74) is -0.107. The van der Waals surface area contributed by atoms with Crippen molar-refractivity contribution in [2.75, 3.05) is 6.61 Å². The van der Waals surface area contributed by atoms with Gasteiger partial charge in [0.25, 0.3) is 0 Å². The molecule has 1 aromatic carbocycles. The average Bonchev–Trinajstić information content (AvgIpc) is 2.49. The van der Waals surface area contributed by atoms with E-state index in [2.05, 4.69) is 6.08 Å². The summed E-state index contributed by atoms with van der Waals surface area (Å²) < 4.78 is 5.37. The number of ketones is 1. The minimum Gasteiger partial charge on any atom is -0.465 e. The molecule has 0 spiro atoms. The second kappa shape index (κ2) is 7.21. The second-order valence-electron chi connectivity index (χ2n) is 5.61. The Hall–Kier alpha value is -1.90. The van der Waals surface area contributed by atoms with Crippen LogP contribution >= 0.6 is 0 Å². The van der Waals surface area contributed by atoms with E-state index in [9.17, 15) is 9.59 Å². The molecule has 0 bridgehead atoms. The number of benzene rings is 1. The highest BCUT2D eigenvalue weighted by Crippen LogP contribution is 2.32. The van der Waals surface area contributed by atoms with E-state index in [1.54, 1.807) is 0 Å². The molecule has 0 aliphatic carbocycles. The van der Waals surface area contributed by atoms with Crippen molar-refractivity contribution in [3.63, 3.8) is 0 Å². The highest BCUT2D eigenvalue weighted by molar-refractivity contribution is 6.03. The molecule has 0 saturated heterocycles. The van der Waals surface area contributed by atoms with Crippen LogP contribution in [0.15, 0.2) is 42.5 Å². The largest absolute Gasteiger partial charge is 0.465 e. The number of rotatable bonds is 3. The van der Waals surface area contributed by atoms with Gasteiger partial charge in [0.15, 0.2) is 0 Å². The Labute approximate surface area is 126 Å². The fourth-order valence-electron chi connectivity index (χ4n) is 2.65. The van der Waals surface area contributed by atoms with Crippen LogP contribution in [-0.4, -0.2) is 18.4 Å². The van der Waals surface area contributed by atoms with Crippen molar-refractivity contribution in [3.8, 4) is 0 Å². The van der Waals surface area contributed by atoms with Gasteiger partial charge in [0, 0.05) is 0 Å². The second-order valence-corrected chi connectivity index (χ2v) is 5.61. The molecule has 0 unspecified atom stereocenters. The van der Waals surface area contributed by atoms with Crippen molar-refractivity contribution in [1.82, 2.24) is 0 Å². The van der Waals surface area contributed by atoms with E-state index in [0.717, 1.165) is 24.8 Å². The first-order chi connectivity index (χ1) is 10.1. The van der Waals surface area contributed by atoms with Gasteiger partial charge in [0.2, 0.25) is 0 Å². The number of carbonyl (C=O) groups is 2. The zero-order valence-electron chi connectivity index (χ0n) is 12.5. The van der Waals surface area contributed by atoms with E-state index in [1.807, 2.05) is 36.4 Å². The molecule has 0 N–H and O–H groups in total. The highest BCUT2D eigenvalue weighted by atomic mass is 16.5. The molecule has 0 radical (unpaired) electrons. The van der Waals surface area contributed by atoms with Crippen molar-refractivity contribution in [2.24, 2.45) is 5.41 Å². The van der Waals surface area contributed by atoms with Gasteiger partial charge >= 0.3 is 5.97 Å². The number of hydrogen-bond acceptors (Lipinski definition) is 3. The van der Waals surface area contributed by atoms with Gasteiger partial charge in [-0.05, 0) is 44.6 Å². The van der Waals surface area contributed by atoms with Gasteiger partial charge in [-0.15, -0.1) is 0 Å². The summed E-state index contributed by atoms with van der Waals surface area (Å²) in [5, 5.41) is 0. The number of cyclic esters (lactones) is 1. The monoisotopic (exact) mass is 286 g/mol. The van der Waals surface area contributed by atoms with E-state index in [1.165, 1.54) is 6.92 Å². The van der Waals surface area contributed by atoms with Crippen molar-refractivity contribution in [1.29, 1.82) is 0 Å². The molecule has 3 nitrogen and oxygen atoms in total. The third-order valence-corrected chi connectivity index (χ3v) is 4.04. The first-order valence-corrected chi connectivity index (χ1v) is 7.52. The van der Waals surface area contributed by atoms with Gasteiger partial charge in [-0.2, -0.15) is 0 Å².